The van der Waals surface area contributed by atoms with Crippen LogP contribution in [-0.2, 0) is 9.53 Å². The summed E-state index contributed by atoms with van der Waals surface area (Å²) in [6.45, 7) is 2.88. The van der Waals surface area contributed by atoms with Crippen LogP contribution in [0.4, 0.5) is 4.79 Å². The van der Waals surface area contributed by atoms with E-state index in [-0.39, 0.29) is 16.2 Å². The van der Waals surface area contributed by atoms with Gasteiger partial charge >= 0.3 is 5.97 Å². The van der Waals surface area contributed by atoms with Crippen molar-refractivity contribution in [1.82, 2.24) is 9.88 Å². The van der Waals surface area contributed by atoms with Crippen molar-refractivity contribution in [3.05, 3.63) is 49.8 Å². The number of aromatic amines is 1. The Labute approximate surface area is 163 Å². The number of esters is 1. The van der Waals surface area contributed by atoms with Gasteiger partial charge in [0.2, 0.25) is 0 Å². The van der Waals surface area contributed by atoms with Crippen LogP contribution in [0, 0.1) is 13.8 Å². The minimum atomic E-state index is -0.551. The number of H-pyrrole nitrogens is 1. The highest BCUT2D eigenvalue weighted by Gasteiger charge is 2.37. The number of nitrogens with zero attached hydrogens (tertiary/aromatic N) is 1. The Balaban J connectivity index is 1.81. The Kier molecular flexibility index (Phi) is 5.33. The highest BCUT2D eigenvalue weighted by Crippen LogP contribution is 2.33. The lowest BCUT2D eigenvalue weighted by Crippen LogP contribution is -2.34. The highest BCUT2D eigenvalue weighted by atomic mass is 32.2. The molecular formula is C18H16N2O5S2. The zero-order valence-electron chi connectivity index (χ0n) is 14.8. The topological polar surface area (TPSA) is 96.5 Å². The molecular weight excluding hydrogens is 388 g/mol. The predicted molar refractivity (Wildman–Crippen MR) is 103 cm³/mol. The Hall–Kier alpha value is -2.65. The number of methoxy groups -OCH3 is 1. The van der Waals surface area contributed by atoms with Gasteiger partial charge in [-0.15, -0.1) is 11.3 Å². The molecule has 0 unspecified atom stereocenters. The van der Waals surface area contributed by atoms with Gasteiger partial charge in [0, 0.05) is 10.6 Å². The minimum Gasteiger partial charge on any atom is -0.465 e. The van der Waals surface area contributed by atoms with Gasteiger partial charge in [-0.1, -0.05) is 6.07 Å². The number of carbonyl (C=O) groups excluding carboxylic acids is 4. The fraction of sp³-hybridized carbons (Fsp3) is 0.222. The maximum atomic E-state index is 12.7. The van der Waals surface area contributed by atoms with Crippen LogP contribution < -0.4 is 0 Å². The van der Waals surface area contributed by atoms with E-state index in [1.807, 2.05) is 17.5 Å². The van der Waals surface area contributed by atoms with E-state index < -0.39 is 29.4 Å². The summed E-state index contributed by atoms with van der Waals surface area (Å²) in [5.41, 5.74) is 1.40. The molecule has 2 aromatic rings. The van der Waals surface area contributed by atoms with Crippen LogP contribution in [0.25, 0.3) is 6.08 Å². The average Bonchev–Trinajstić information content (AvgIpc) is 3.31. The van der Waals surface area contributed by atoms with Crippen molar-refractivity contribution >= 4 is 52.1 Å². The second-order valence-corrected chi connectivity index (χ2v) is 7.80. The number of ether oxygens (including phenoxy) is 1. The van der Waals surface area contributed by atoms with Gasteiger partial charge in [-0.05, 0) is 48.7 Å². The zero-order chi connectivity index (χ0) is 19.7. The van der Waals surface area contributed by atoms with E-state index in [9.17, 15) is 19.2 Å². The molecule has 0 aliphatic carbocycles. The van der Waals surface area contributed by atoms with Gasteiger partial charge < -0.3 is 9.72 Å². The normalized spacial score (nSPS) is 15.7. The van der Waals surface area contributed by atoms with Crippen LogP contribution in [0.3, 0.4) is 0 Å². The lowest BCUT2D eigenvalue weighted by molar-refractivity contribution is -0.122. The van der Waals surface area contributed by atoms with Gasteiger partial charge in [-0.3, -0.25) is 19.3 Å². The number of imide groups is 1. The van der Waals surface area contributed by atoms with Crippen LogP contribution in [0.5, 0.6) is 0 Å². The first-order valence-electron chi connectivity index (χ1n) is 7.93. The van der Waals surface area contributed by atoms with Crippen molar-refractivity contribution in [3.63, 3.8) is 0 Å². The van der Waals surface area contributed by atoms with E-state index in [0.29, 0.717) is 11.3 Å². The predicted octanol–water partition coefficient (Wildman–Crippen LogP) is 3.40. The van der Waals surface area contributed by atoms with E-state index in [1.54, 1.807) is 19.9 Å². The second kappa shape index (κ2) is 7.53. The lowest BCUT2D eigenvalue weighted by atomic mass is 10.1. The molecule has 27 heavy (non-hydrogen) atoms. The number of thiophene rings is 1. The summed E-state index contributed by atoms with van der Waals surface area (Å²) in [5.74, 6) is -1.50. The third-order valence-corrected chi connectivity index (χ3v) is 5.82. The van der Waals surface area contributed by atoms with Gasteiger partial charge in [-0.2, -0.15) is 0 Å². The summed E-state index contributed by atoms with van der Waals surface area (Å²) in [6, 6.07) is 3.68. The van der Waals surface area contributed by atoms with Crippen LogP contribution >= 0.6 is 23.1 Å². The van der Waals surface area contributed by atoms with Gasteiger partial charge in [0.25, 0.3) is 11.1 Å². The monoisotopic (exact) mass is 404 g/mol. The first-order valence-corrected chi connectivity index (χ1v) is 9.62. The number of hydrogen-bond donors (Lipinski definition) is 1. The molecule has 3 rings (SSSR count). The molecule has 1 N–H and O–H groups in total. The molecule has 2 amide bonds. The third-order valence-electron chi connectivity index (χ3n) is 4.10. The SMILES string of the molecule is COC(=O)c1c(C)[nH]c(C(=O)CN2C(=O)S/C(=C\c3cccs3)C2=O)c1C. The number of amides is 2. The van der Waals surface area contributed by atoms with E-state index in [4.69, 9.17) is 4.74 Å². The first-order chi connectivity index (χ1) is 12.8. The van der Waals surface area contributed by atoms with Gasteiger partial charge in [-0.25, -0.2) is 4.79 Å². The lowest BCUT2D eigenvalue weighted by Gasteiger charge is -2.11. The fourth-order valence-electron chi connectivity index (χ4n) is 2.80. The largest absolute Gasteiger partial charge is 0.465 e. The molecule has 3 heterocycles. The molecule has 9 heteroatoms. The fourth-order valence-corrected chi connectivity index (χ4v) is 4.36. The highest BCUT2D eigenvalue weighted by molar-refractivity contribution is 8.18. The zero-order valence-corrected chi connectivity index (χ0v) is 16.5. The molecule has 0 saturated carbocycles. The minimum absolute atomic E-state index is 0.189. The number of thioether (sulfide) groups is 1. The average molecular weight is 404 g/mol. The van der Waals surface area contributed by atoms with Crippen molar-refractivity contribution in [2.75, 3.05) is 13.7 Å². The Morgan fingerprint density at radius 3 is 2.67 bits per heavy atom. The van der Waals surface area contributed by atoms with Crippen molar-refractivity contribution in [3.8, 4) is 0 Å². The van der Waals surface area contributed by atoms with E-state index in [0.717, 1.165) is 21.5 Å². The third kappa shape index (κ3) is 3.60. The van der Waals surface area contributed by atoms with Crippen molar-refractivity contribution in [1.29, 1.82) is 0 Å². The van der Waals surface area contributed by atoms with E-state index in [2.05, 4.69) is 4.98 Å². The molecule has 0 bridgehead atoms. The van der Waals surface area contributed by atoms with Crippen molar-refractivity contribution in [2.24, 2.45) is 0 Å². The molecule has 1 aliphatic heterocycles. The second-order valence-electron chi connectivity index (χ2n) is 5.82. The van der Waals surface area contributed by atoms with Gasteiger partial charge in [0.05, 0.1) is 29.8 Å². The summed E-state index contributed by atoms with van der Waals surface area (Å²) >= 11 is 2.26. The summed E-state index contributed by atoms with van der Waals surface area (Å²) in [7, 11) is 1.26. The molecule has 0 spiro atoms. The Morgan fingerprint density at radius 2 is 2.04 bits per heavy atom. The summed E-state index contributed by atoms with van der Waals surface area (Å²) < 4.78 is 4.72. The number of rotatable bonds is 5. The van der Waals surface area contributed by atoms with E-state index in [1.165, 1.54) is 18.4 Å². The number of aryl methyl sites for hydroxylation is 1. The van der Waals surface area contributed by atoms with Crippen LogP contribution in [-0.4, -0.2) is 46.4 Å². The Bertz CT molecular complexity index is 972. The molecule has 1 aliphatic rings. The molecule has 7 nitrogen and oxygen atoms in total. The van der Waals surface area contributed by atoms with Crippen molar-refractivity contribution < 1.29 is 23.9 Å². The molecule has 0 radical (unpaired) electrons. The molecule has 0 aromatic carbocycles. The number of hydrogen-bond acceptors (Lipinski definition) is 7. The van der Waals surface area contributed by atoms with Gasteiger partial charge in [0.15, 0.2) is 5.78 Å². The molecule has 1 saturated heterocycles. The van der Waals surface area contributed by atoms with Crippen LogP contribution in [0.2, 0.25) is 0 Å². The number of ketones is 1. The Morgan fingerprint density at radius 1 is 1.30 bits per heavy atom. The number of Topliss-reactive ketones (excluding diaryl/α,β-unsaturated/α-hetero) is 1. The van der Waals surface area contributed by atoms with Crippen LogP contribution in [0.1, 0.15) is 37.0 Å². The molecule has 140 valence electrons. The van der Waals surface area contributed by atoms with E-state index >= 15 is 0 Å². The number of aromatic nitrogens is 1. The first kappa shape index (κ1) is 19.1. The maximum Gasteiger partial charge on any atom is 0.339 e. The molecule has 1 fully saturated rings. The summed E-state index contributed by atoms with van der Waals surface area (Å²) in [4.78, 5) is 54.1. The van der Waals surface area contributed by atoms with Crippen LogP contribution in [0.15, 0.2) is 22.4 Å². The maximum absolute atomic E-state index is 12.7. The molecule has 0 atom stereocenters. The van der Waals surface area contributed by atoms with Crippen molar-refractivity contribution in [2.45, 2.75) is 13.8 Å². The number of nitrogens with one attached hydrogen (secondary N) is 1. The quantitative estimate of drug-likeness (QED) is 0.466. The summed E-state index contributed by atoms with van der Waals surface area (Å²) in [6.07, 6.45) is 1.64. The van der Waals surface area contributed by atoms with Gasteiger partial charge in [0.1, 0.15) is 0 Å². The summed E-state index contributed by atoms with van der Waals surface area (Å²) in [5, 5.41) is 1.37. The standard InChI is InChI=1S/C18H16N2O5S2/c1-9-14(17(23)25-3)10(2)19-15(9)12(21)8-20-16(22)13(27-18(20)24)7-11-5-4-6-26-11/h4-7,19H,8H2,1-3H3/b13-7-. The molecule has 2 aromatic heterocycles. The number of carbonyl (C=O) groups is 4. The smallest absolute Gasteiger partial charge is 0.339 e.